The van der Waals surface area contributed by atoms with Gasteiger partial charge in [-0.25, -0.2) is 0 Å². The Hall–Kier alpha value is 0.155. The Morgan fingerprint density at radius 1 is 1.83 bits per heavy atom. The first kappa shape index (κ1) is 6.15. The van der Waals surface area contributed by atoms with Crippen LogP contribution in [0.4, 0.5) is 0 Å². The molecule has 0 saturated heterocycles. The molecule has 0 fully saturated rings. The van der Waals surface area contributed by atoms with E-state index in [2.05, 4.69) is 7.85 Å². The van der Waals surface area contributed by atoms with Crippen LogP contribution in [0.15, 0.2) is 0 Å². The average Bonchev–Trinajstić information content (AvgIpc) is 1.65. The Morgan fingerprint density at radius 3 is 2.33 bits per heavy atom. The fourth-order valence-electron chi connectivity index (χ4n) is 0.129. The van der Waals surface area contributed by atoms with Crippen molar-refractivity contribution in [3.63, 3.8) is 0 Å². The average molecular weight is 81.5 g/mol. The minimum Gasteiger partial charge on any atom is -0.454 e. The number of hydrogen-bond acceptors (Lipinski definition) is 1. The monoisotopic (exact) mass is 82.1 g/mol. The molecule has 0 amide bonds. The molecule has 0 aliphatic rings. The van der Waals surface area contributed by atoms with Crippen molar-refractivity contribution in [3.8, 4) is 0 Å². The second-order valence-corrected chi connectivity index (χ2v) is 1.70. The molecule has 0 aromatic carbocycles. The smallest absolute Gasteiger partial charge is 0.265 e. The van der Waals surface area contributed by atoms with Crippen LogP contribution in [-0.2, 0) is 0 Å². The lowest BCUT2D eigenvalue weighted by molar-refractivity contribution is 0.598. The molecule has 0 saturated carbocycles. The summed E-state index contributed by atoms with van der Waals surface area (Å²) in [6.07, 6.45) is 1.08. The van der Waals surface area contributed by atoms with Gasteiger partial charge in [0.15, 0.2) is 0 Å². The zero-order chi connectivity index (χ0) is 4.99. The summed E-state index contributed by atoms with van der Waals surface area (Å²) in [5.41, 5.74) is 0.491. The van der Waals surface area contributed by atoms with E-state index < -0.39 is 0 Å². The third-order valence-corrected chi connectivity index (χ3v) is 1.01. The highest BCUT2D eigenvalue weighted by Crippen LogP contribution is 1.95. The van der Waals surface area contributed by atoms with E-state index in [-0.39, 0.29) is 0 Å². The van der Waals surface area contributed by atoms with Gasteiger partial charge in [0.1, 0.15) is 0 Å². The molecule has 0 aliphatic carbocycles. The summed E-state index contributed by atoms with van der Waals surface area (Å²) in [6.45, 7) is 0. The van der Waals surface area contributed by atoms with Crippen LogP contribution in [-0.4, -0.2) is 28.2 Å². The summed E-state index contributed by atoms with van der Waals surface area (Å²) >= 11 is 0. The van der Waals surface area contributed by atoms with Gasteiger partial charge in [0.25, 0.3) is 7.48 Å². The van der Waals surface area contributed by atoms with Gasteiger partial charge in [-0.3, -0.25) is 0 Å². The van der Waals surface area contributed by atoms with Crippen molar-refractivity contribution in [2.45, 2.75) is 12.0 Å². The van der Waals surface area contributed by atoms with Crippen LogP contribution in [0.1, 0.15) is 0 Å². The van der Waals surface area contributed by atoms with Gasteiger partial charge in [-0.2, -0.15) is 0 Å². The number of hydrogen-bond donors (Lipinski definition) is 1. The molecule has 0 bridgehead atoms. The molecule has 1 atom stereocenters. The number of rotatable bonds is 2. The molecule has 0 unspecified atom stereocenters. The second-order valence-electron chi connectivity index (χ2n) is 1.70. The molecule has 0 aromatic heterocycles. The first-order valence-corrected chi connectivity index (χ1v) is 2.42. The Kier molecular flexibility index (Phi) is 3.44. The molecule has 0 aromatic rings. The van der Waals surface area contributed by atoms with E-state index in [0.29, 0.717) is 13.2 Å². The van der Waals surface area contributed by atoms with Crippen LogP contribution in [0.25, 0.3) is 0 Å². The van der Waals surface area contributed by atoms with Crippen LogP contribution in [0.2, 0.25) is 12.0 Å². The topological polar surface area (TPSA) is 20.2 Å². The van der Waals surface area contributed by atoms with Gasteiger partial charge in [-0.1, -0.05) is 12.0 Å². The molecule has 0 heterocycles. The Labute approximate surface area is 41.2 Å². The first-order chi connectivity index (χ1) is 2.81. The Bertz CT molecular complexity index is 28.0. The zero-order valence-corrected chi connectivity index (χ0v) is 4.44. The van der Waals surface area contributed by atoms with E-state index in [1.54, 1.807) is 0 Å². The van der Waals surface area contributed by atoms with Crippen LogP contribution in [0, 0.1) is 0 Å². The molecule has 32 valence electrons. The highest BCUT2D eigenvalue weighted by Gasteiger charge is 1.94. The molecule has 6 heavy (non-hydrogen) atoms. The predicted molar refractivity (Wildman–Crippen MR) is 35.0 cm³/mol. The van der Waals surface area contributed by atoms with Crippen molar-refractivity contribution in [2.24, 2.45) is 0 Å². The summed E-state index contributed by atoms with van der Waals surface area (Å²) < 4.78 is 0. The Morgan fingerprint density at radius 2 is 2.33 bits per heavy atom. The minimum absolute atomic E-state index is 0.330. The molecule has 0 rings (SSSR count). The van der Waals surface area contributed by atoms with Gasteiger partial charge in [0.05, 0.1) is 15.7 Å². The van der Waals surface area contributed by atoms with Crippen molar-refractivity contribution in [3.05, 3.63) is 0 Å². The van der Waals surface area contributed by atoms with Gasteiger partial charge in [0, 0.05) is 0 Å². The van der Waals surface area contributed by atoms with E-state index >= 15 is 0 Å². The molecular formula is C2H9B3O. The summed E-state index contributed by atoms with van der Waals surface area (Å²) in [5, 5.41) is 8.33. The van der Waals surface area contributed by atoms with E-state index in [1.807, 2.05) is 7.85 Å². The van der Waals surface area contributed by atoms with Crippen molar-refractivity contribution < 1.29 is 5.02 Å². The van der Waals surface area contributed by atoms with Gasteiger partial charge in [-0.05, 0) is 0 Å². The maximum Gasteiger partial charge on any atom is 0.265 e. The second kappa shape index (κ2) is 3.35. The maximum absolute atomic E-state index is 8.33. The van der Waals surface area contributed by atoms with Gasteiger partial charge < -0.3 is 5.02 Å². The lowest BCUT2D eigenvalue weighted by Crippen LogP contribution is -2.00. The van der Waals surface area contributed by atoms with E-state index in [9.17, 15) is 0 Å². The summed E-state index contributed by atoms with van der Waals surface area (Å²) in [4.78, 5) is 0. The van der Waals surface area contributed by atoms with E-state index in [4.69, 9.17) is 5.02 Å². The highest BCUT2D eigenvalue weighted by atomic mass is 16.2. The van der Waals surface area contributed by atoms with Gasteiger partial charge in [0.2, 0.25) is 0 Å². The zero-order valence-electron chi connectivity index (χ0n) is 4.44. The van der Waals surface area contributed by atoms with Crippen LogP contribution < -0.4 is 0 Å². The molecule has 0 radical (unpaired) electrons. The molecule has 4 heteroatoms. The van der Waals surface area contributed by atoms with Crippen molar-refractivity contribution in [2.75, 3.05) is 0 Å². The van der Waals surface area contributed by atoms with Gasteiger partial charge >= 0.3 is 0 Å². The van der Waals surface area contributed by atoms with Crippen LogP contribution in [0.5, 0.6) is 0 Å². The van der Waals surface area contributed by atoms with Crippen molar-refractivity contribution in [1.29, 1.82) is 0 Å². The first-order valence-electron chi connectivity index (χ1n) is 2.42. The maximum atomic E-state index is 8.33. The predicted octanol–water partition coefficient (Wildman–Crippen LogP) is -2.24. The van der Waals surface area contributed by atoms with Crippen molar-refractivity contribution in [1.82, 2.24) is 0 Å². The summed E-state index contributed by atoms with van der Waals surface area (Å²) in [5.74, 6) is 0. The fourth-order valence-corrected chi connectivity index (χ4v) is 0.129. The third-order valence-electron chi connectivity index (χ3n) is 1.01. The molecule has 1 nitrogen and oxygen atoms in total. The lowest BCUT2D eigenvalue weighted by atomic mass is 9.60. The third kappa shape index (κ3) is 2.40. The molecule has 1 N–H and O–H groups in total. The Balaban J connectivity index is 2.75. The van der Waals surface area contributed by atoms with E-state index in [1.165, 1.54) is 0 Å². The van der Waals surface area contributed by atoms with Crippen LogP contribution >= 0.6 is 0 Å². The normalized spacial score (nSPS) is 13.5. The molecule has 0 spiro atoms. The lowest BCUT2D eigenvalue weighted by Gasteiger charge is -1.94. The molecular weight excluding hydrogens is 72.5 g/mol. The minimum atomic E-state index is 0.330. The van der Waals surface area contributed by atoms with Gasteiger partial charge in [-0.15, -0.1) is 0 Å². The standard InChI is InChI=1S/C2H9B3O/c3-1-2(4)5-6/h2,5-6H,1,3-4H2/t2-/m0/s1. The molecule has 0 aliphatic heterocycles. The fraction of sp³-hybridized carbons (Fsp3) is 1.00. The van der Waals surface area contributed by atoms with Crippen molar-refractivity contribution >= 4 is 23.2 Å². The highest BCUT2D eigenvalue weighted by molar-refractivity contribution is 6.46. The largest absolute Gasteiger partial charge is 0.454 e. The summed E-state index contributed by atoms with van der Waals surface area (Å²) in [6, 6.07) is 0. The summed E-state index contributed by atoms with van der Waals surface area (Å²) in [7, 11) is 4.43. The SMILES string of the molecule is BC[C@@H](B)BO. The van der Waals surface area contributed by atoms with E-state index in [0.717, 1.165) is 6.32 Å². The quantitative estimate of drug-likeness (QED) is 0.373. The van der Waals surface area contributed by atoms with Crippen LogP contribution in [0.3, 0.4) is 0 Å².